The summed E-state index contributed by atoms with van der Waals surface area (Å²) in [5, 5.41) is 2.98. The SMILES string of the molecule is CCN(CC)C(CNC(=O)COc1ccc(F)cc1)c1ccc(C(C)(C)C)cc1.Cl. The Labute approximate surface area is 186 Å². The fourth-order valence-corrected chi connectivity index (χ4v) is 3.27. The van der Waals surface area contributed by atoms with Crippen molar-refractivity contribution < 1.29 is 13.9 Å². The molecule has 0 bridgehead atoms. The lowest BCUT2D eigenvalue weighted by atomic mass is 9.86. The Hall–Kier alpha value is -2.11. The number of nitrogens with zero attached hydrogens (tertiary/aromatic N) is 1. The highest BCUT2D eigenvalue weighted by molar-refractivity contribution is 5.85. The number of hydrogen-bond donors (Lipinski definition) is 1. The zero-order valence-electron chi connectivity index (χ0n) is 18.6. The fourth-order valence-electron chi connectivity index (χ4n) is 3.27. The molecule has 1 atom stereocenters. The van der Waals surface area contributed by atoms with E-state index >= 15 is 0 Å². The third-order valence-corrected chi connectivity index (χ3v) is 5.09. The summed E-state index contributed by atoms with van der Waals surface area (Å²) in [7, 11) is 0. The summed E-state index contributed by atoms with van der Waals surface area (Å²) in [6, 6.07) is 14.4. The van der Waals surface area contributed by atoms with Crippen LogP contribution in [0.1, 0.15) is 51.8 Å². The van der Waals surface area contributed by atoms with Crippen LogP contribution in [0.15, 0.2) is 48.5 Å². The molecule has 1 unspecified atom stereocenters. The number of carbonyl (C=O) groups is 1. The van der Waals surface area contributed by atoms with Crippen molar-refractivity contribution in [1.29, 1.82) is 0 Å². The van der Waals surface area contributed by atoms with Crippen molar-refractivity contribution >= 4 is 18.3 Å². The van der Waals surface area contributed by atoms with Gasteiger partial charge in [0.25, 0.3) is 5.91 Å². The maximum Gasteiger partial charge on any atom is 0.258 e. The van der Waals surface area contributed by atoms with E-state index in [1.165, 1.54) is 35.4 Å². The molecule has 0 saturated carbocycles. The zero-order chi connectivity index (χ0) is 21.4. The molecule has 0 spiro atoms. The maximum absolute atomic E-state index is 12.9. The molecular formula is C24H34ClFN2O2. The van der Waals surface area contributed by atoms with Gasteiger partial charge in [-0.1, -0.05) is 58.9 Å². The summed E-state index contributed by atoms with van der Waals surface area (Å²) in [4.78, 5) is 14.6. The second-order valence-electron chi connectivity index (χ2n) is 8.16. The number of amides is 1. The molecular weight excluding hydrogens is 403 g/mol. The number of benzene rings is 2. The van der Waals surface area contributed by atoms with Gasteiger partial charge in [-0.3, -0.25) is 9.69 Å². The average molecular weight is 437 g/mol. The lowest BCUT2D eigenvalue weighted by Crippen LogP contribution is -2.39. The molecule has 0 saturated heterocycles. The molecule has 6 heteroatoms. The van der Waals surface area contributed by atoms with Gasteiger partial charge in [0.1, 0.15) is 11.6 Å². The Balaban J connectivity index is 0.00000450. The highest BCUT2D eigenvalue weighted by Gasteiger charge is 2.20. The van der Waals surface area contributed by atoms with Gasteiger partial charge in [-0.25, -0.2) is 4.39 Å². The Kier molecular flexibility index (Phi) is 10.3. The number of nitrogens with one attached hydrogen (secondary N) is 1. The monoisotopic (exact) mass is 436 g/mol. The Bertz CT molecular complexity index is 769. The minimum atomic E-state index is -0.332. The van der Waals surface area contributed by atoms with Gasteiger partial charge in [-0.2, -0.15) is 0 Å². The molecule has 2 aromatic rings. The van der Waals surface area contributed by atoms with Crippen molar-refractivity contribution in [3.8, 4) is 5.75 Å². The second kappa shape index (κ2) is 11.9. The summed E-state index contributed by atoms with van der Waals surface area (Å²) in [6.07, 6.45) is 0. The summed E-state index contributed by atoms with van der Waals surface area (Å²) >= 11 is 0. The van der Waals surface area contributed by atoms with Crippen molar-refractivity contribution in [2.45, 2.75) is 46.1 Å². The molecule has 4 nitrogen and oxygen atoms in total. The molecule has 0 fully saturated rings. The maximum atomic E-state index is 12.9. The van der Waals surface area contributed by atoms with Crippen LogP contribution in [0.5, 0.6) is 5.75 Å². The van der Waals surface area contributed by atoms with Crippen LogP contribution < -0.4 is 10.1 Å². The Morgan fingerprint density at radius 2 is 1.60 bits per heavy atom. The standard InChI is InChI=1S/C24H33FN2O2.ClH/c1-6-27(7-2)22(18-8-10-19(11-9-18)24(3,4)5)16-26-23(28)17-29-21-14-12-20(25)13-15-21;/h8-15,22H,6-7,16-17H2,1-5H3,(H,26,28);1H. The van der Waals surface area contributed by atoms with Crippen molar-refractivity contribution in [1.82, 2.24) is 10.2 Å². The van der Waals surface area contributed by atoms with Crippen LogP contribution >= 0.6 is 12.4 Å². The van der Waals surface area contributed by atoms with E-state index in [2.05, 4.69) is 69.1 Å². The van der Waals surface area contributed by atoms with Crippen molar-refractivity contribution in [3.63, 3.8) is 0 Å². The van der Waals surface area contributed by atoms with Gasteiger partial charge in [0.15, 0.2) is 6.61 Å². The van der Waals surface area contributed by atoms with Gasteiger partial charge >= 0.3 is 0 Å². The van der Waals surface area contributed by atoms with Gasteiger partial charge in [0.05, 0.1) is 6.04 Å². The first kappa shape index (κ1) is 25.9. The summed E-state index contributed by atoms with van der Waals surface area (Å²) < 4.78 is 18.4. The van der Waals surface area contributed by atoms with Crippen LogP contribution in [0.2, 0.25) is 0 Å². The highest BCUT2D eigenvalue weighted by atomic mass is 35.5. The first-order chi connectivity index (χ1) is 13.7. The molecule has 30 heavy (non-hydrogen) atoms. The highest BCUT2D eigenvalue weighted by Crippen LogP contribution is 2.26. The third kappa shape index (κ3) is 7.62. The minimum absolute atomic E-state index is 0. The molecule has 1 amide bonds. The van der Waals surface area contributed by atoms with E-state index < -0.39 is 0 Å². The van der Waals surface area contributed by atoms with Gasteiger partial charge in [0, 0.05) is 6.54 Å². The largest absolute Gasteiger partial charge is 0.484 e. The molecule has 1 N–H and O–H groups in total. The molecule has 0 radical (unpaired) electrons. The normalized spacial score (nSPS) is 12.2. The summed E-state index contributed by atoms with van der Waals surface area (Å²) in [5.74, 6) is -0.0567. The smallest absolute Gasteiger partial charge is 0.258 e. The number of likely N-dealkylation sites (N-methyl/N-ethyl adjacent to an activating group) is 1. The summed E-state index contributed by atoms with van der Waals surface area (Å²) in [5.41, 5.74) is 2.58. The zero-order valence-corrected chi connectivity index (χ0v) is 19.4. The number of hydrogen-bond acceptors (Lipinski definition) is 3. The van der Waals surface area contributed by atoms with Gasteiger partial charge in [-0.15, -0.1) is 12.4 Å². The second-order valence-corrected chi connectivity index (χ2v) is 8.16. The van der Waals surface area contributed by atoms with Crippen LogP contribution in [-0.2, 0) is 10.2 Å². The van der Waals surface area contributed by atoms with Crippen molar-refractivity contribution in [3.05, 3.63) is 65.5 Å². The molecule has 0 aromatic heterocycles. The molecule has 0 aliphatic rings. The number of carbonyl (C=O) groups excluding carboxylic acids is 1. The number of rotatable bonds is 9. The summed E-state index contributed by atoms with van der Waals surface area (Å²) in [6.45, 7) is 13.0. The van der Waals surface area contributed by atoms with Crippen LogP contribution in [0, 0.1) is 5.82 Å². The Morgan fingerprint density at radius 3 is 2.10 bits per heavy atom. The topological polar surface area (TPSA) is 41.6 Å². The fraction of sp³-hybridized carbons (Fsp3) is 0.458. The number of ether oxygens (including phenoxy) is 1. The van der Waals surface area contributed by atoms with Gasteiger partial charge in [0.2, 0.25) is 0 Å². The third-order valence-electron chi connectivity index (χ3n) is 5.09. The van der Waals surface area contributed by atoms with Crippen LogP contribution in [0.4, 0.5) is 4.39 Å². The van der Waals surface area contributed by atoms with Crippen molar-refractivity contribution in [2.24, 2.45) is 0 Å². The molecule has 2 aromatic carbocycles. The predicted molar refractivity (Wildman–Crippen MR) is 123 cm³/mol. The molecule has 166 valence electrons. The quantitative estimate of drug-likeness (QED) is 0.593. The van der Waals surface area contributed by atoms with Crippen LogP contribution in [0.25, 0.3) is 0 Å². The minimum Gasteiger partial charge on any atom is -0.484 e. The van der Waals surface area contributed by atoms with E-state index in [9.17, 15) is 9.18 Å². The Morgan fingerprint density at radius 1 is 1.03 bits per heavy atom. The lowest BCUT2D eigenvalue weighted by Gasteiger charge is -2.31. The molecule has 2 rings (SSSR count). The van der Waals surface area contributed by atoms with Gasteiger partial charge in [-0.05, 0) is 53.9 Å². The van der Waals surface area contributed by atoms with Crippen molar-refractivity contribution in [2.75, 3.05) is 26.2 Å². The van der Waals surface area contributed by atoms with Crippen LogP contribution in [-0.4, -0.2) is 37.0 Å². The van der Waals surface area contributed by atoms with E-state index in [4.69, 9.17) is 4.74 Å². The van der Waals surface area contributed by atoms with E-state index in [0.717, 1.165) is 13.1 Å². The van der Waals surface area contributed by atoms with E-state index in [1.54, 1.807) is 0 Å². The van der Waals surface area contributed by atoms with E-state index in [1.807, 2.05) is 0 Å². The van der Waals surface area contributed by atoms with Gasteiger partial charge < -0.3 is 10.1 Å². The average Bonchev–Trinajstić information content (AvgIpc) is 2.70. The number of halogens is 2. The lowest BCUT2D eigenvalue weighted by molar-refractivity contribution is -0.123. The first-order valence-corrected chi connectivity index (χ1v) is 10.2. The molecule has 0 aliphatic heterocycles. The molecule has 0 heterocycles. The predicted octanol–water partition coefficient (Wildman–Crippen LogP) is 5.12. The van der Waals surface area contributed by atoms with Crippen LogP contribution in [0.3, 0.4) is 0 Å². The molecule has 0 aliphatic carbocycles. The van der Waals surface area contributed by atoms with E-state index in [0.29, 0.717) is 12.3 Å². The first-order valence-electron chi connectivity index (χ1n) is 10.2. The van der Waals surface area contributed by atoms with E-state index in [-0.39, 0.29) is 42.2 Å².